The number of hydrogen-bond donors (Lipinski definition) is 3. The van der Waals surface area contributed by atoms with Crippen LogP contribution in [0.3, 0.4) is 0 Å². The van der Waals surface area contributed by atoms with Crippen LogP contribution in [0, 0.1) is 10.1 Å². The van der Waals surface area contributed by atoms with E-state index >= 15 is 0 Å². The molecule has 1 aromatic rings. The minimum Gasteiger partial charge on any atom is -0.393 e. The van der Waals surface area contributed by atoms with Crippen molar-refractivity contribution in [3.63, 3.8) is 0 Å². The van der Waals surface area contributed by atoms with Gasteiger partial charge in [0.2, 0.25) is 11.8 Å². The Hall–Kier alpha value is -1.96. The maximum absolute atomic E-state index is 10.6. The summed E-state index contributed by atoms with van der Waals surface area (Å²) in [5, 5.41) is 22.4. The first-order valence-corrected chi connectivity index (χ1v) is 4.69. The third kappa shape index (κ3) is 3.31. The topological polar surface area (TPSA) is 127 Å². The van der Waals surface area contributed by atoms with Gasteiger partial charge in [-0.15, -0.1) is 0 Å². The molecule has 0 aromatic carbocycles. The van der Waals surface area contributed by atoms with Crippen molar-refractivity contribution in [3.8, 4) is 0 Å². The molecule has 1 rings (SSSR count). The SMILES string of the molecule is CC(O)CCNc1nc(N)ncc1[N+](=O)[O-]. The molecule has 1 unspecified atom stereocenters. The molecule has 8 heteroatoms. The fourth-order valence-electron chi connectivity index (χ4n) is 1.05. The van der Waals surface area contributed by atoms with Crippen LogP contribution in [0.5, 0.6) is 0 Å². The highest BCUT2D eigenvalue weighted by atomic mass is 16.6. The number of aliphatic hydroxyl groups is 1. The highest BCUT2D eigenvalue weighted by Crippen LogP contribution is 2.20. The van der Waals surface area contributed by atoms with E-state index in [2.05, 4.69) is 15.3 Å². The van der Waals surface area contributed by atoms with E-state index in [4.69, 9.17) is 10.8 Å². The van der Waals surface area contributed by atoms with E-state index in [1.807, 2.05) is 0 Å². The number of nitrogens with one attached hydrogen (secondary N) is 1. The Bertz CT molecular complexity index is 382. The lowest BCUT2D eigenvalue weighted by Crippen LogP contribution is -2.12. The number of nitrogens with two attached hydrogens (primary N) is 1. The molecule has 0 bridgehead atoms. The standard InChI is InChI=1S/C8H13N5O3/c1-5(14)2-3-10-7-6(13(15)16)4-11-8(9)12-7/h4-5,14H,2-3H2,1H3,(H3,9,10,11,12). The van der Waals surface area contributed by atoms with E-state index in [9.17, 15) is 10.1 Å². The number of aromatic nitrogens is 2. The Balaban J connectivity index is 2.76. The van der Waals surface area contributed by atoms with Gasteiger partial charge in [-0.25, -0.2) is 4.98 Å². The summed E-state index contributed by atoms with van der Waals surface area (Å²) in [6.45, 7) is 2.00. The van der Waals surface area contributed by atoms with Crippen molar-refractivity contribution in [2.75, 3.05) is 17.6 Å². The van der Waals surface area contributed by atoms with Gasteiger partial charge in [-0.05, 0) is 13.3 Å². The van der Waals surface area contributed by atoms with Gasteiger partial charge in [0.05, 0.1) is 11.0 Å². The fraction of sp³-hybridized carbons (Fsp3) is 0.500. The Labute approximate surface area is 91.7 Å². The zero-order chi connectivity index (χ0) is 12.1. The van der Waals surface area contributed by atoms with E-state index < -0.39 is 11.0 Å². The Morgan fingerprint density at radius 3 is 3.00 bits per heavy atom. The maximum Gasteiger partial charge on any atom is 0.329 e. The Morgan fingerprint density at radius 2 is 2.44 bits per heavy atom. The quantitative estimate of drug-likeness (QED) is 0.482. The second-order valence-corrected chi connectivity index (χ2v) is 3.28. The second-order valence-electron chi connectivity index (χ2n) is 3.28. The second kappa shape index (κ2) is 5.21. The molecule has 0 aliphatic carbocycles. The first kappa shape index (κ1) is 12.1. The van der Waals surface area contributed by atoms with Gasteiger partial charge in [-0.3, -0.25) is 10.1 Å². The summed E-state index contributed by atoms with van der Waals surface area (Å²) in [6.07, 6.45) is 1.03. The highest BCUT2D eigenvalue weighted by molar-refractivity contribution is 5.56. The monoisotopic (exact) mass is 227 g/mol. The molecule has 0 saturated carbocycles. The van der Waals surface area contributed by atoms with Crippen LogP contribution >= 0.6 is 0 Å². The summed E-state index contributed by atoms with van der Waals surface area (Å²) in [7, 11) is 0. The van der Waals surface area contributed by atoms with Crippen LogP contribution in [0.1, 0.15) is 13.3 Å². The highest BCUT2D eigenvalue weighted by Gasteiger charge is 2.16. The number of anilines is 2. The molecule has 8 nitrogen and oxygen atoms in total. The van der Waals surface area contributed by atoms with Gasteiger partial charge in [-0.2, -0.15) is 4.98 Å². The fourth-order valence-corrected chi connectivity index (χ4v) is 1.05. The minimum atomic E-state index is -0.593. The average Bonchev–Trinajstić information content (AvgIpc) is 2.16. The number of aliphatic hydroxyl groups excluding tert-OH is 1. The predicted molar refractivity (Wildman–Crippen MR) is 57.9 cm³/mol. The predicted octanol–water partition coefficient (Wildman–Crippen LogP) is 0.150. The molecule has 0 amide bonds. The summed E-state index contributed by atoms with van der Waals surface area (Å²) in [5.74, 6) is 0.0308. The molecule has 0 aliphatic rings. The van der Waals surface area contributed by atoms with Crippen LogP contribution < -0.4 is 11.1 Å². The largest absolute Gasteiger partial charge is 0.393 e. The number of hydrogen-bond acceptors (Lipinski definition) is 7. The third-order valence-corrected chi connectivity index (χ3v) is 1.84. The van der Waals surface area contributed by atoms with E-state index in [0.717, 1.165) is 6.20 Å². The van der Waals surface area contributed by atoms with Gasteiger partial charge >= 0.3 is 5.69 Å². The summed E-state index contributed by atoms with van der Waals surface area (Å²) in [4.78, 5) is 17.3. The third-order valence-electron chi connectivity index (χ3n) is 1.84. The lowest BCUT2D eigenvalue weighted by Gasteiger charge is -2.07. The van der Waals surface area contributed by atoms with Crippen molar-refractivity contribution >= 4 is 17.5 Å². The number of nitro groups is 1. The Kier molecular flexibility index (Phi) is 3.95. The van der Waals surface area contributed by atoms with Gasteiger partial charge in [-0.1, -0.05) is 0 Å². The van der Waals surface area contributed by atoms with Crippen molar-refractivity contribution in [2.24, 2.45) is 0 Å². The van der Waals surface area contributed by atoms with Gasteiger partial charge in [0.15, 0.2) is 0 Å². The lowest BCUT2D eigenvalue weighted by atomic mass is 10.3. The summed E-state index contributed by atoms with van der Waals surface area (Å²) >= 11 is 0. The molecule has 1 atom stereocenters. The molecule has 1 aromatic heterocycles. The van der Waals surface area contributed by atoms with Crippen LogP contribution in [0.25, 0.3) is 0 Å². The normalized spacial score (nSPS) is 12.1. The van der Waals surface area contributed by atoms with Crippen LogP contribution in [-0.4, -0.2) is 32.6 Å². The van der Waals surface area contributed by atoms with Crippen molar-refractivity contribution in [1.82, 2.24) is 9.97 Å². The van der Waals surface area contributed by atoms with E-state index in [0.29, 0.717) is 13.0 Å². The molecule has 0 aliphatic heterocycles. The van der Waals surface area contributed by atoms with Crippen LogP contribution in [0.4, 0.5) is 17.5 Å². The van der Waals surface area contributed by atoms with Crippen molar-refractivity contribution < 1.29 is 10.0 Å². The summed E-state index contributed by atoms with van der Waals surface area (Å²) in [5.41, 5.74) is 5.09. The number of rotatable bonds is 5. The van der Waals surface area contributed by atoms with Crippen molar-refractivity contribution in [1.29, 1.82) is 0 Å². The first-order chi connectivity index (χ1) is 7.50. The molecular weight excluding hydrogens is 214 g/mol. The summed E-state index contributed by atoms with van der Waals surface area (Å²) < 4.78 is 0. The van der Waals surface area contributed by atoms with Gasteiger partial charge in [0.25, 0.3) is 0 Å². The average molecular weight is 227 g/mol. The van der Waals surface area contributed by atoms with Crippen molar-refractivity contribution in [2.45, 2.75) is 19.4 Å². The first-order valence-electron chi connectivity index (χ1n) is 4.69. The molecule has 0 spiro atoms. The molecule has 0 saturated heterocycles. The van der Waals surface area contributed by atoms with Crippen molar-refractivity contribution in [3.05, 3.63) is 16.3 Å². The number of nitrogen functional groups attached to an aromatic ring is 1. The summed E-state index contributed by atoms with van der Waals surface area (Å²) in [6, 6.07) is 0. The molecule has 4 N–H and O–H groups in total. The van der Waals surface area contributed by atoms with E-state index in [1.165, 1.54) is 0 Å². The molecule has 1 heterocycles. The minimum absolute atomic E-state index is 0.0369. The Morgan fingerprint density at radius 1 is 1.75 bits per heavy atom. The molecule has 88 valence electrons. The van der Waals surface area contributed by atoms with E-state index in [-0.39, 0.29) is 17.5 Å². The zero-order valence-corrected chi connectivity index (χ0v) is 8.75. The van der Waals surface area contributed by atoms with Gasteiger partial charge in [0.1, 0.15) is 6.20 Å². The smallest absolute Gasteiger partial charge is 0.329 e. The van der Waals surface area contributed by atoms with Crippen LogP contribution in [0.2, 0.25) is 0 Å². The maximum atomic E-state index is 10.6. The molecule has 16 heavy (non-hydrogen) atoms. The van der Waals surface area contributed by atoms with Crippen LogP contribution in [0.15, 0.2) is 6.20 Å². The van der Waals surface area contributed by atoms with Crippen LogP contribution in [-0.2, 0) is 0 Å². The lowest BCUT2D eigenvalue weighted by molar-refractivity contribution is -0.384. The van der Waals surface area contributed by atoms with E-state index in [1.54, 1.807) is 6.92 Å². The van der Waals surface area contributed by atoms with Gasteiger partial charge in [0, 0.05) is 6.54 Å². The number of nitrogens with zero attached hydrogens (tertiary/aromatic N) is 3. The zero-order valence-electron chi connectivity index (χ0n) is 8.75. The van der Waals surface area contributed by atoms with Gasteiger partial charge < -0.3 is 16.2 Å². The molecule has 0 fully saturated rings. The molecule has 0 radical (unpaired) electrons. The molecular formula is C8H13N5O3.